The van der Waals surface area contributed by atoms with Crippen molar-refractivity contribution >= 4 is 11.7 Å². The molecule has 1 amide bonds. The zero-order chi connectivity index (χ0) is 15.4. The largest absolute Gasteiger partial charge is 0.378 e. The molecule has 114 valence electrons. The number of nitrogens with one attached hydrogen (secondary N) is 1. The lowest BCUT2D eigenvalue weighted by Crippen LogP contribution is -2.40. The van der Waals surface area contributed by atoms with Gasteiger partial charge in [-0.25, -0.2) is 4.98 Å². The van der Waals surface area contributed by atoms with Gasteiger partial charge in [-0.1, -0.05) is 12.1 Å². The molecule has 1 aromatic carbocycles. The molecule has 0 atom stereocenters. The van der Waals surface area contributed by atoms with E-state index in [1.165, 1.54) is 0 Å². The maximum Gasteiger partial charge on any atom is 0.254 e. The summed E-state index contributed by atoms with van der Waals surface area (Å²) in [5.74, 6) is 0.745. The Morgan fingerprint density at radius 1 is 1.23 bits per heavy atom. The minimum Gasteiger partial charge on any atom is -0.378 e. The van der Waals surface area contributed by atoms with E-state index in [0.29, 0.717) is 37.7 Å². The number of carbonyl (C=O) groups is 1. The first-order chi connectivity index (χ1) is 10.8. The second-order valence-electron chi connectivity index (χ2n) is 5.02. The van der Waals surface area contributed by atoms with Crippen LogP contribution in [0.1, 0.15) is 10.4 Å². The van der Waals surface area contributed by atoms with Gasteiger partial charge in [-0.15, -0.1) is 0 Å². The first-order valence-electron chi connectivity index (χ1n) is 7.25. The molecule has 0 aliphatic carbocycles. The van der Waals surface area contributed by atoms with Gasteiger partial charge >= 0.3 is 0 Å². The van der Waals surface area contributed by atoms with Gasteiger partial charge in [0.15, 0.2) is 0 Å². The molecule has 6 nitrogen and oxygen atoms in total. The van der Waals surface area contributed by atoms with Crippen molar-refractivity contribution in [1.82, 2.24) is 14.9 Å². The van der Waals surface area contributed by atoms with E-state index < -0.39 is 0 Å². The third-order valence-electron chi connectivity index (χ3n) is 3.61. The molecule has 0 bridgehead atoms. The van der Waals surface area contributed by atoms with Crippen LogP contribution in [0.5, 0.6) is 0 Å². The number of benzene rings is 1. The predicted octanol–water partition coefficient (Wildman–Crippen LogP) is 1.66. The molecule has 3 rings (SSSR count). The summed E-state index contributed by atoms with van der Waals surface area (Å²) in [7, 11) is 1.80. The monoisotopic (exact) mass is 298 g/mol. The Morgan fingerprint density at radius 2 is 2.05 bits per heavy atom. The number of ether oxygens (including phenoxy) is 1. The van der Waals surface area contributed by atoms with Crippen LogP contribution in [0.25, 0.3) is 11.3 Å². The summed E-state index contributed by atoms with van der Waals surface area (Å²) in [6.07, 6.45) is 3.37. The molecule has 1 aliphatic rings. The van der Waals surface area contributed by atoms with Crippen LogP contribution < -0.4 is 5.32 Å². The number of rotatable bonds is 3. The van der Waals surface area contributed by atoms with Crippen molar-refractivity contribution < 1.29 is 9.53 Å². The summed E-state index contributed by atoms with van der Waals surface area (Å²) in [6.45, 7) is 2.48. The third kappa shape index (κ3) is 3.07. The topological polar surface area (TPSA) is 67.4 Å². The molecule has 6 heteroatoms. The van der Waals surface area contributed by atoms with Crippen LogP contribution in [0.15, 0.2) is 36.7 Å². The van der Waals surface area contributed by atoms with Crippen molar-refractivity contribution in [2.24, 2.45) is 0 Å². The fraction of sp³-hybridized carbons (Fsp3) is 0.312. The van der Waals surface area contributed by atoms with Gasteiger partial charge in [0.2, 0.25) is 0 Å². The van der Waals surface area contributed by atoms with E-state index in [1.807, 2.05) is 29.2 Å². The Hall–Kier alpha value is -2.47. The summed E-state index contributed by atoms with van der Waals surface area (Å²) in [5, 5.41) is 2.93. The number of amides is 1. The smallest absolute Gasteiger partial charge is 0.254 e. The number of carbonyl (C=O) groups excluding carboxylic acids is 1. The van der Waals surface area contributed by atoms with Crippen LogP contribution in [0.2, 0.25) is 0 Å². The second-order valence-corrected chi connectivity index (χ2v) is 5.02. The Kier molecular flexibility index (Phi) is 4.29. The Bertz CT molecular complexity index is 651. The highest BCUT2D eigenvalue weighted by atomic mass is 16.5. The van der Waals surface area contributed by atoms with Crippen molar-refractivity contribution in [3.8, 4) is 11.3 Å². The molecule has 2 aromatic rings. The van der Waals surface area contributed by atoms with Gasteiger partial charge < -0.3 is 15.0 Å². The maximum absolute atomic E-state index is 12.5. The van der Waals surface area contributed by atoms with Crippen molar-refractivity contribution in [3.05, 3.63) is 42.2 Å². The van der Waals surface area contributed by atoms with Gasteiger partial charge in [0.1, 0.15) is 5.82 Å². The molecule has 2 heterocycles. The molecule has 1 aliphatic heterocycles. The molecule has 22 heavy (non-hydrogen) atoms. The molecule has 0 spiro atoms. The minimum atomic E-state index is 0.0324. The normalized spacial score (nSPS) is 14.7. The van der Waals surface area contributed by atoms with Crippen molar-refractivity contribution in [3.63, 3.8) is 0 Å². The predicted molar refractivity (Wildman–Crippen MR) is 83.7 cm³/mol. The average molecular weight is 298 g/mol. The van der Waals surface area contributed by atoms with Gasteiger partial charge in [0.05, 0.1) is 31.3 Å². The van der Waals surface area contributed by atoms with Crippen molar-refractivity contribution in [1.29, 1.82) is 0 Å². The molecule has 1 fully saturated rings. The van der Waals surface area contributed by atoms with Crippen LogP contribution >= 0.6 is 0 Å². The second kappa shape index (κ2) is 6.53. The number of anilines is 1. The Balaban J connectivity index is 1.83. The molecule has 0 radical (unpaired) electrons. The fourth-order valence-corrected chi connectivity index (χ4v) is 2.37. The lowest BCUT2D eigenvalue weighted by Gasteiger charge is -2.27. The van der Waals surface area contributed by atoms with E-state index >= 15 is 0 Å². The molecular weight excluding hydrogens is 280 g/mol. The minimum absolute atomic E-state index is 0.0324. The summed E-state index contributed by atoms with van der Waals surface area (Å²) in [6, 6.07) is 7.49. The maximum atomic E-state index is 12.5. The Morgan fingerprint density at radius 3 is 2.73 bits per heavy atom. The van der Waals surface area contributed by atoms with E-state index in [4.69, 9.17) is 4.74 Å². The molecule has 1 aromatic heterocycles. The molecule has 0 unspecified atom stereocenters. The summed E-state index contributed by atoms with van der Waals surface area (Å²) in [4.78, 5) is 22.9. The first-order valence-corrected chi connectivity index (χ1v) is 7.25. The lowest BCUT2D eigenvalue weighted by atomic mass is 10.1. The highest BCUT2D eigenvalue weighted by molar-refractivity contribution is 5.95. The van der Waals surface area contributed by atoms with Crippen LogP contribution in [-0.2, 0) is 4.74 Å². The van der Waals surface area contributed by atoms with Gasteiger partial charge in [-0.3, -0.25) is 9.78 Å². The SMILES string of the molecule is CNc1cnc(-c2cccc(C(=O)N3CCOCC3)c2)cn1. The summed E-state index contributed by atoms with van der Waals surface area (Å²) < 4.78 is 5.28. The Labute approximate surface area is 129 Å². The van der Waals surface area contributed by atoms with Crippen LogP contribution in [0.4, 0.5) is 5.82 Å². The number of hydrogen-bond acceptors (Lipinski definition) is 5. The molecular formula is C16H18N4O2. The van der Waals surface area contributed by atoms with E-state index in [9.17, 15) is 4.79 Å². The molecule has 1 N–H and O–H groups in total. The lowest BCUT2D eigenvalue weighted by molar-refractivity contribution is 0.0303. The number of aromatic nitrogens is 2. The van der Waals surface area contributed by atoms with Gasteiger partial charge in [0, 0.05) is 31.3 Å². The van der Waals surface area contributed by atoms with Crippen LogP contribution in [0.3, 0.4) is 0 Å². The van der Waals surface area contributed by atoms with E-state index in [-0.39, 0.29) is 5.91 Å². The number of nitrogens with zero attached hydrogens (tertiary/aromatic N) is 3. The highest BCUT2D eigenvalue weighted by Crippen LogP contribution is 2.19. The van der Waals surface area contributed by atoms with Crippen molar-refractivity contribution in [2.45, 2.75) is 0 Å². The van der Waals surface area contributed by atoms with E-state index in [0.717, 1.165) is 11.3 Å². The quantitative estimate of drug-likeness (QED) is 0.933. The zero-order valence-corrected chi connectivity index (χ0v) is 12.5. The standard InChI is InChI=1S/C16H18N4O2/c1-17-15-11-18-14(10-19-15)12-3-2-4-13(9-12)16(21)20-5-7-22-8-6-20/h2-4,9-11H,5-8H2,1H3,(H,17,19). The molecule has 0 saturated carbocycles. The zero-order valence-electron chi connectivity index (χ0n) is 12.5. The van der Waals surface area contributed by atoms with E-state index in [2.05, 4.69) is 15.3 Å². The fourth-order valence-electron chi connectivity index (χ4n) is 2.37. The third-order valence-corrected chi connectivity index (χ3v) is 3.61. The number of hydrogen-bond donors (Lipinski definition) is 1. The molecule has 1 saturated heterocycles. The van der Waals surface area contributed by atoms with Gasteiger partial charge in [0.25, 0.3) is 5.91 Å². The first kappa shape index (κ1) is 14.5. The van der Waals surface area contributed by atoms with Crippen molar-refractivity contribution in [2.75, 3.05) is 38.7 Å². The van der Waals surface area contributed by atoms with Gasteiger partial charge in [-0.05, 0) is 12.1 Å². The summed E-state index contributed by atoms with van der Waals surface area (Å²) in [5.41, 5.74) is 2.30. The summed E-state index contributed by atoms with van der Waals surface area (Å²) >= 11 is 0. The van der Waals surface area contributed by atoms with Crippen LogP contribution in [0, 0.1) is 0 Å². The average Bonchev–Trinajstić information content (AvgIpc) is 2.62. The van der Waals surface area contributed by atoms with E-state index in [1.54, 1.807) is 19.4 Å². The van der Waals surface area contributed by atoms with Gasteiger partial charge in [-0.2, -0.15) is 0 Å². The van der Waals surface area contributed by atoms with Crippen LogP contribution in [-0.4, -0.2) is 54.1 Å². The number of morpholine rings is 1. The highest BCUT2D eigenvalue weighted by Gasteiger charge is 2.18.